The quantitative estimate of drug-likeness (QED) is 0.901. The summed E-state index contributed by atoms with van der Waals surface area (Å²) in [4.78, 5) is 12.3. The van der Waals surface area contributed by atoms with E-state index in [9.17, 15) is 4.79 Å². The Morgan fingerprint density at radius 2 is 2.28 bits per heavy atom. The standard InChI is InChI=1S/C14H19BrN2O/c1-9-5-6-11(15)7-12(9)14(18)17-13-4-2-3-10(13)8-16/h5-7,10,13H,2-4,8,16H2,1H3,(H,17,18). The summed E-state index contributed by atoms with van der Waals surface area (Å²) in [6, 6.07) is 6.01. The molecule has 0 aliphatic heterocycles. The average molecular weight is 311 g/mol. The molecular formula is C14H19BrN2O. The van der Waals surface area contributed by atoms with Crippen molar-refractivity contribution in [3.8, 4) is 0 Å². The lowest BCUT2D eigenvalue weighted by Crippen LogP contribution is -2.40. The highest BCUT2D eigenvalue weighted by molar-refractivity contribution is 9.10. The van der Waals surface area contributed by atoms with Crippen molar-refractivity contribution in [2.24, 2.45) is 11.7 Å². The molecule has 2 rings (SSSR count). The first-order chi connectivity index (χ1) is 8.61. The maximum Gasteiger partial charge on any atom is 0.251 e. The number of nitrogens with two attached hydrogens (primary N) is 1. The van der Waals surface area contributed by atoms with Gasteiger partial charge in [-0.05, 0) is 49.9 Å². The van der Waals surface area contributed by atoms with Crippen molar-refractivity contribution in [3.63, 3.8) is 0 Å². The number of carbonyl (C=O) groups is 1. The Bertz CT molecular complexity index is 447. The largest absolute Gasteiger partial charge is 0.349 e. The third kappa shape index (κ3) is 2.93. The van der Waals surface area contributed by atoms with E-state index < -0.39 is 0 Å². The van der Waals surface area contributed by atoms with Crippen molar-refractivity contribution in [1.82, 2.24) is 5.32 Å². The topological polar surface area (TPSA) is 55.1 Å². The number of hydrogen-bond acceptors (Lipinski definition) is 2. The molecule has 2 unspecified atom stereocenters. The lowest BCUT2D eigenvalue weighted by molar-refractivity contribution is 0.0928. The van der Waals surface area contributed by atoms with Gasteiger partial charge in [-0.3, -0.25) is 4.79 Å². The van der Waals surface area contributed by atoms with Gasteiger partial charge in [0.25, 0.3) is 5.91 Å². The van der Waals surface area contributed by atoms with Crippen molar-refractivity contribution in [3.05, 3.63) is 33.8 Å². The minimum atomic E-state index is 0.0131. The normalized spacial score (nSPS) is 23.1. The van der Waals surface area contributed by atoms with Crippen molar-refractivity contribution in [2.45, 2.75) is 32.2 Å². The minimum Gasteiger partial charge on any atom is -0.349 e. The van der Waals surface area contributed by atoms with Crippen molar-refractivity contribution in [1.29, 1.82) is 0 Å². The van der Waals surface area contributed by atoms with Crippen LogP contribution in [-0.4, -0.2) is 18.5 Å². The number of benzene rings is 1. The van der Waals surface area contributed by atoms with Crippen LogP contribution < -0.4 is 11.1 Å². The maximum absolute atomic E-state index is 12.3. The molecule has 3 N–H and O–H groups in total. The van der Waals surface area contributed by atoms with Crippen LogP contribution in [0.5, 0.6) is 0 Å². The van der Waals surface area contributed by atoms with E-state index in [0.29, 0.717) is 12.5 Å². The molecule has 0 spiro atoms. The Hall–Kier alpha value is -0.870. The van der Waals surface area contributed by atoms with Gasteiger partial charge in [0.2, 0.25) is 0 Å². The number of rotatable bonds is 3. The molecule has 1 aromatic carbocycles. The summed E-state index contributed by atoms with van der Waals surface area (Å²) in [5, 5.41) is 3.12. The van der Waals surface area contributed by atoms with E-state index in [0.717, 1.165) is 34.9 Å². The Labute approximate surface area is 116 Å². The zero-order valence-electron chi connectivity index (χ0n) is 10.6. The second-order valence-electron chi connectivity index (χ2n) is 4.97. The number of amides is 1. The summed E-state index contributed by atoms with van der Waals surface area (Å²) >= 11 is 3.40. The molecule has 1 aliphatic rings. The van der Waals surface area contributed by atoms with Crippen molar-refractivity contribution < 1.29 is 4.79 Å². The molecule has 1 fully saturated rings. The van der Waals surface area contributed by atoms with E-state index in [1.165, 1.54) is 0 Å². The molecule has 18 heavy (non-hydrogen) atoms. The number of nitrogens with one attached hydrogen (secondary N) is 1. The molecule has 98 valence electrons. The van der Waals surface area contributed by atoms with Crippen LogP contribution in [0.4, 0.5) is 0 Å². The molecule has 0 aromatic heterocycles. The van der Waals surface area contributed by atoms with E-state index >= 15 is 0 Å². The van der Waals surface area contributed by atoms with Gasteiger partial charge in [0, 0.05) is 16.1 Å². The summed E-state index contributed by atoms with van der Waals surface area (Å²) in [6.07, 6.45) is 3.32. The highest BCUT2D eigenvalue weighted by Gasteiger charge is 2.27. The van der Waals surface area contributed by atoms with E-state index in [1.54, 1.807) is 0 Å². The fourth-order valence-electron chi connectivity index (χ4n) is 2.59. The number of halogens is 1. The van der Waals surface area contributed by atoms with Gasteiger partial charge in [0.1, 0.15) is 0 Å². The monoisotopic (exact) mass is 310 g/mol. The predicted octanol–water partition coefficient (Wildman–Crippen LogP) is 2.61. The minimum absolute atomic E-state index is 0.0131. The Kier molecular flexibility index (Phi) is 4.40. The van der Waals surface area contributed by atoms with E-state index in [1.807, 2.05) is 25.1 Å². The second kappa shape index (κ2) is 5.85. The number of aryl methyl sites for hydroxylation is 1. The molecule has 1 aliphatic carbocycles. The van der Waals surface area contributed by atoms with Crippen LogP contribution >= 0.6 is 15.9 Å². The fourth-order valence-corrected chi connectivity index (χ4v) is 2.96. The zero-order chi connectivity index (χ0) is 13.1. The third-order valence-corrected chi connectivity index (χ3v) is 4.22. The van der Waals surface area contributed by atoms with Crippen LogP contribution in [0.2, 0.25) is 0 Å². The maximum atomic E-state index is 12.3. The van der Waals surface area contributed by atoms with Gasteiger partial charge in [-0.2, -0.15) is 0 Å². The molecule has 0 radical (unpaired) electrons. The molecule has 2 atom stereocenters. The fraction of sp³-hybridized carbons (Fsp3) is 0.500. The molecular weight excluding hydrogens is 292 g/mol. The van der Waals surface area contributed by atoms with Gasteiger partial charge < -0.3 is 11.1 Å². The summed E-state index contributed by atoms with van der Waals surface area (Å²) < 4.78 is 0.931. The highest BCUT2D eigenvalue weighted by Crippen LogP contribution is 2.25. The van der Waals surface area contributed by atoms with Gasteiger partial charge in [0.15, 0.2) is 0 Å². The van der Waals surface area contributed by atoms with E-state index in [-0.39, 0.29) is 11.9 Å². The van der Waals surface area contributed by atoms with Gasteiger partial charge >= 0.3 is 0 Å². The molecule has 4 heteroatoms. The van der Waals surface area contributed by atoms with Gasteiger partial charge in [-0.25, -0.2) is 0 Å². The molecule has 1 amide bonds. The number of hydrogen-bond donors (Lipinski definition) is 2. The van der Waals surface area contributed by atoms with Crippen LogP contribution in [0.25, 0.3) is 0 Å². The lowest BCUT2D eigenvalue weighted by Gasteiger charge is -2.20. The van der Waals surface area contributed by atoms with Crippen LogP contribution in [0.15, 0.2) is 22.7 Å². The Balaban J connectivity index is 2.09. The molecule has 0 saturated heterocycles. The van der Waals surface area contributed by atoms with E-state index in [2.05, 4.69) is 21.2 Å². The highest BCUT2D eigenvalue weighted by atomic mass is 79.9. The first kappa shape index (κ1) is 13.6. The molecule has 3 nitrogen and oxygen atoms in total. The van der Waals surface area contributed by atoms with Gasteiger partial charge in [-0.15, -0.1) is 0 Å². The first-order valence-corrected chi connectivity index (χ1v) is 7.18. The van der Waals surface area contributed by atoms with Crippen molar-refractivity contribution >= 4 is 21.8 Å². The predicted molar refractivity (Wildman–Crippen MR) is 76.5 cm³/mol. The SMILES string of the molecule is Cc1ccc(Br)cc1C(=O)NC1CCCC1CN. The smallest absolute Gasteiger partial charge is 0.251 e. The summed E-state index contributed by atoms with van der Waals surface area (Å²) in [6.45, 7) is 2.61. The number of carbonyl (C=O) groups excluding carboxylic acids is 1. The van der Waals surface area contributed by atoms with Crippen LogP contribution in [0.1, 0.15) is 35.2 Å². The van der Waals surface area contributed by atoms with Crippen LogP contribution in [0, 0.1) is 12.8 Å². The van der Waals surface area contributed by atoms with E-state index in [4.69, 9.17) is 5.73 Å². The summed E-state index contributed by atoms with van der Waals surface area (Å²) in [7, 11) is 0. The van der Waals surface area contributed by atoms with Gasteiger partial charge in [-0.1, -0.05) is 28.4 Å². The lowest BCUT2D eigenvalue weighted by atomic mass is 10.0. The van der Waals surface area contributed by atoms with Gasteiger partial charge in [0.05, 0.1) is 0 Å². The molecule has 1 saturated carbocycles. The molecule has 0 heterocycles. The molecule has 0 bridgehead atoms. The first-order valence-electron chi connectivity index (χ1n) is 6.39. The third-order valence-electron chi connectivity index (χ3n) is 3.72. The Morgan fingerprint density at radius 3 is 3.00 bits per heavy atom. The summed E-state index contributed by atoms with van der Waals surface area (Å²) in [5.41, 5.74) is 7.47. The zero-order valence-corrected chi connectivity index (χ0v) is 12.2. The molecule has 1 aromatic rings. The van der Waals surface area contributed by atoms with Crippen molar-refractivity contribution in [2.75, 3.05) is 6.54 Å². The van der Waals surface area contributed by atoms with Crippen LogP contribution in [0.3, 0.4) is 0 Å². The summed E-state index contributed by atoms with van der Waals surface area (Å²) in [5.74, 6) is 0.445. The average Bonchev–Trinajstić information content (AvgIpc) is 2.79. The Morgan fingerprint density at radius 1 is 1.50 bits per heavy atom. The second-order valence-corrected chi connectivity index (χ2v) is 5.88. The van der Waals surface area contributed by atoms with Crippen LogP contribution in [-0.2, 0) is 0 Å².